The summed E-state index contributed by atoms with van der Waals surface area (Å²) in [4.78, 5) is 5.01. The summed E-state index contributed by atoms with van der Waals surface area (Å²) in [5, 5.41) is 9.40. The van der Waals surface area contributed by atoms with E-state index in [0.717, 1.165) is 26.2 Å². The molecule has 122 valence electrons. The molecule has 3 heteroatoms. The first kappa shape index (κ1) is 16.0. The molecule has 0 aromatic heterocycles. The maximum atomic E-state index is 9.40. The van der Waals surface area contributed by atoms with Crippen molar-refractivity contribution in [2.24, 2.45) is 0 Å². The summed E-state index contributed by atoms with van der Waals surface area (Å²) < 4.78 is 0. The van der Waals surface area contributed by atoms with Crippen LogP contribution in [0.3, 0.4) is 0 Å². The van der Waals surface area contributed by atoms with Crippen molar-refractivity contribution in [2.45, 2.75) is 32.0 Å². The largest absolute Gasteiger partial charge is 0.508 e. The van der Waals surface area contributed by atoms with Crippen molar-refractivity contribution in [3.63, 3.8) is 0 Å². The first-order valence-corrected chi connectivity index (χ1v) is 8.45. The van der Waals surface area contributed by atoms with Gasteiger partial charge in [0.1, 0.15) is 5.75 Å². The zero-order chi connectivity index (χ0) is 16.1. The molecule has 0 spiro atoms. The number of aromatic hydroxyl groups is 1. The van der Waals surface area contributed by atoms with E-state index in [1.165, 1.54) is 24.0 Å². The van der Waals surface area contributed by atoms with Gasteiger partial charge in [-0.15, -0.1) is 0 Å². The number of hydrogen-bond acceptors (Lipinski definition) is 3. The fourth-order valence-electron chi connectivity index (χ4n) is 3.39. The van der Waals surface area contributed by atoms with Gasteiger partial charge < -0.3 is 5.11 Å². The summed E-state index contributed by atoms with van der Waals surface area (Å²) >= 11 is 0. The number of phenolic OH excluding ortho intramolecular Hbond substituents is 1. The van der Waals surface area contributed by atoms with Crippen LogP contribution in [0.15, 0.2) is 54.6 Å². The molecule has 2 aromatic carbocycles. The van der Waals surface area contributed by atoms with Gasteiger partial charge in [0.25, 0.3) is 0 Å². The zero-order valence-electron chi connectivity index (χ0n) is 13.9. The molecule has 0 amide bonds. The van der Waals surface area contributed by atoms with E-state index < -0.39 is 0 Å². The van der Waals surface area contributed by atoms with Crippen LogP contribution in [0.1, 0.15) is 24.0 Å². The van der Waals surface area contributed by atoms with Gasteiger partial charge in [-0.1, -0.05) is 42.5 Å². The molecule has 3 nitrogen and oxygen atoms in total. The average molecular weight is 310 g/mol. The molecule has 2 aromatic rings. The molecule has 1 heterocycles. The summed E-state index contributed by atoms with van der Waals surface area (Å²) in [6.07, 6.45) is 2.53. The molecule has 0 aliphatic carbocycles. The normalized spacial score (nSPS) is 19.1. The van der Waals surface area contributed by atoms with E-state index in [-0.39, 0.29) is 0 Å². The van der Waals surface area contributed by atoms with Crippen LogP contribution in [0.2, 0.25) is 0 Å². The molecule has 1 atom stereocenters. The van der Waals surface area contributed by atoms with Crippen molar-refractivity contribution >= 4 is 0 Å². The van der Waals surface area contributed by atoms with Crippen LogP contribution in [0.5, 0.6) is 5.75 Å². The Labute approximate surface area is 139 Å². The van der Waals surface area contributed by atoms with Crippen LogP contribution in [-0.4, -0.2) is 41.1 Å². The molecule has 1 aliphatic rings. The van der Waals surface area contributed by atoms with Crippen molar-refractivity contribution < 1.29 is 5.11 Å². The zero-order valence-corrected chi connectivity index (χ0v) is 13.9. The van der Waals surface area contributed by atoms with Crippen molar-refractivity contribution in [1.29, 1.82) is 0 Å². The quantitative estimate of drug-likeness (QED) is 0.916. The van der Waals surface area contributed by atoms with Gasteiger partial charge in [0.05, 0.1) is 0 Å². The van der Waals surface area contributed by atoms with E-state index in [9.17, 15) is 5.11 Å². The molecular formula is C20H26N2O. The Hall–Kier alpha value is -1.84. The first-order valence-electron chi connectivity index (χ1n) is 8.45. The molecule has 3 rings (SSSR count). The topological polar surface area (TPSA) is 26.7 Å². The van der Waals surface area contributed by atoms with E-state index >= 15 is 0 Å². The predicted octanol–water partition coefficient (Wildman–Crippen LogP) is 3.49. The van der Waals surface area contributed by atoms with Crippen LogP contribution < -0.4 is 0 Å². The van der Waals surface area contributed by atoms with Crippen LogP contribution in [0.25, 0.3) is 0 Å². The van der Waals surface area contributed by atoms with Gasteiger partial charge in [0.15, 0.2) is 0 Å². The van der Waals surface area contributed by atoms with E-state index in [0.29, 0.717) is 11.8 Å². The monoisotopic (exact) mass is 310 g/mol. The molecule has 0 bridgehead atoms. The molecule has 1 saturated heterocycles. The number of rotatable bonds is 5. The number of nitrogens with zero attached hydrogens (tertiary/aromatic N) is 2. The van der Waals surface area contributed by atoms with E-state index in [1.54, 1.807) is 12.1 Å². The number of phenols is 1. The first-order chi connectivity index (χ1) is 11.2. The van der Waals surface area contributed by atoms with E-state index in [4.69, 9.17) is 0 Å². The minimum atomic E-state index is 0.341. The smallest absolute Gasteiger partial charge is 0.115 e. The van der Waals surface area contributed by atoms with Crippen LogP contribution in [-0.2, 0) is 13.1 Å². The van der Waals surface area contributed by atoms with Gasteiger partial charge in [-0.05, 0) is 49.7 Å². The molecule has 0 radical (unpaired) electrons. The van der Waals surface area contributed by atoms with Crippen LogP contribution in [0.4, 0.5) is 0 Å². The van der Waals surface area contributed by atoms with Gasteiger partial charge in [0, 0.05) is 25.7 Å². The lowest BCUT2D eigenvalue weighted by Gasteiger charge is -2.37. The van der Waals surface area contributed by atoms with Gasteiger partial charge in [0.2, 0.25) is 0 Å². The van der Waals surface area contributed by atoms with E-state index in [1.807, 2.05) is 12.1 Å². The van der Waals surface area contributed by atoms with Gasteiger partial charge in [-0.2, -0.15) is 0 Å². The summed E-state index contributed by atoms with van der Waals surface area (Å²) in [7, 11) is 2.24. The van der Waals surface area contributed by atoms with Gasteiger partial charge in [-0.25, -0.2) is 0 Å². The second kappa shape index (κ2) is 7.62. The Bertz CT molecular complexity index is 597. The predicted molar refractivity (Wildman–Crippen MR) is 94.3 cm³/mol. The molecule has 1 unspecified atom stereocenters. The van der Waals surface area contributed by atoms with E-state index in [2.05, 4.69) is 47.2 Å². The minimum absolute atomic E-state index is 0.341. The Morgan fingerprint density at radius 3 is 2.52 bits per heavy atom. The minimum Gasteiger partial charge on any atom is -0.508 e. The fourth-order valence-corrected chi connectivity index (χ4v) is 3.39. The lowest BCUT2D eigenvalue weighted by Crippen LogP contribution is -2.45. The number of piperidine rings is 1. The number of likely N-dealkylation sites (tertiary alicyclic amines) is 1. The maximum absolute atomic E-state index is 9.40. The highest BCUT2D eigenvalue weighted by Crippen LogP contribution is 2.19. The Balaban J connectivity index is 1.56. The highest BCUT2D eigenvalue weighted by Gasteiger charge is 2.23. The molecular weight excluding hydrogens is 284 g/mol. The van der Waals surface area contributed by atoms with Crippen molar-refractivity contribution in [3.05, 3.63) is 65.7 Å². The lowest BCUT2D eigenvalue weighted by molar-refractivity contribution is 0.107. The highest BCUT2D eigenvalue weighted by atomic mass is 16.3. The van der Waals surface area contributed by atoms with Crippen LogP contribution in [0, 0.1) is 0 Å². The third kappa shape index (κ3) is 4.57. The summed E-state index contributed by atoms with van der Waals surface area (Å²) in [5.74, 6) is 0.341. The molecule has 1 aliphatic heterocycles. The highest BCUT2D eigenvalue weighted by molar-refractivity contribution is 5.25. The fraction of sp³-hybridized carbons (Fsp3) is 0.400. The van der Waals surface area contributed by atoms with Gasteiger partial charge in [-0.3, -0.25) is 9.80 Å². The van der Waals surface area contributed by atoms with Gasteiger partial charge >= 0.3 is 0 Å². The lowest BCUT2D eigenvalue weighted by atomic mass is 10.0. The van der Waals surface area contributed by atoms with Crippen LogP contribution >= 0.6 is 0 Å². The van der Waals surface area contributed by atoms with Crippen molar-refractivity contribution in [2.75, 3.05) is 20.1 Å². The Morgan fingerprint density at radius 2 is 1.78 bits per heavy atom. The average Bonchev–Trinajstić information content (AvgIpc) is 2.58. The third-order valence-corrected chi connectivity index (χ3v) is 4.72. The van der Waals surface area contributed by atoms with Crippen molar-refractivity contribution in [1.82, 2.24) is 9.80 Å². The summed E-state index contributed by atoms with van der Waals surface area (Å²) in [6, 6.07) is 18.9. The second-order valence-corrected chi connectivity index (χ2v) is 6.60. The second-order valence-electron chi connectivity index (χ2n) is 6.60. The molecule has 23 heavy (non-hydrogen) atoms. The Kier molecular flexibility index (Phi) is 5.31. The molecule has 0 saturated carbocycles. The summed E-state index contributed by atoms with van der Waals surface area (Å²) in [6.45, 7) is 4.26. The molecule has 1 fully saturated rings. The standard InChI is InChI=1S/C20H26N2O/c1-21(14-17-6-3-2-4-7-17)19-8-5-13-22(16-19)15-18-9-11-20(23)12-10-18/h2-4,6-7,9-12,19,23H,5,8,13-16H2,1H3. The third-order valence-electron chi connectivity index (χ3n) is 4.72. The Morgan fingerprint density at radius 1 is 1.04 bits per heavy atom. The maximum Gasteiger partial charge on any atom is 0.115 e. The summed E-state index contributed by atoms with van der Waals surface area (Å²) in [5.41, 5.74) is 2.65. The number of benzene rings is 2. The van der Waals surface area contributed by atoms with Crippen molar-refractivity contribution in [3.8, 4) is 5.75 Å². The SMILES string of the molecule is CN(Cc1ccccc1)C1CCCN(Cc2ccc(O)cc2)C1. The number of likely N-dealkylation sites (N-methyl/N-ethyl adjacent to an activating group) is 1. The molecule has 1 N–H and O–H groups in total. The number of hydrogen-bond donors (Lipinski definition) is 1.